The van der Waals surface area contributed by atoms with Gasteiger partial charge in [0, 0.05) is 23.8 Å². The number of amides is 1. The van der Waals surface area contributed by atoms with E-state index in [0.29, 0.717) is 16.9 Å². The molecule has 168 valence electrons. The van der Waals surface area contributed by atoms with Gasteiger partial charge in [-0.1, -0.05) is 23.4 Å². The molecule has 0 radical (unpaired) electrons. The number of halogens is 4. The molecule has 0 bridgehead atoms. The van der Waals surface area contributed by atoms with E-state index in [1.165, 1.54) is 24.3 Å². The highest BCUT2D eigenvalue weighted by Crippen LogP contribution is 2.36. The molecule has 1 aromatic heterocycles. The fourth-order valence-corrected chi connectivity index (χ4v) is 4.30. The van der Waals surface area contributed by atoms with Crippen molar-refractivity contribution in [3.63, 3.8) is 0 Å². The van der Waals surface area contributed by atoms with Crippen LogP contribution in [0.4, 0.5) is 24.5 Å². The number of hydrogen-bond acceptors (Lipinski definition) is 6. The molecule has 0 spiro atoms. The fourth-order valence-electron chi connectivity index (χ4n) is 2.42. The number of nitrogens with one attached hydrogen (secondary N) is 2. The Morgan fingerprint density at radius 3 is 2.28 bits per heavy atom. The zero-order valence-electron chi connectivity index (χ0n) is 15.9. The number of carbonyl (C=O) groups excluding carboxylic acids is 1. The SMILES string of the molecule is O=C(CSc1ncccn1)Nc1ccc(S(=O)(=O)Nc2ccc(Cl)c(C(F)(F)F)c2)cc1. The number of alkyl halides is 3. The van der Waals surface area contributed by atoms with E-state index in [-0.39, 0.29) is 22.2 Å². The van der Waals surface area contributed by atoms with Crippen molar-refractivity contribution in [3.8, 4) is 0 Å². The normalized spacial score (nSPS) is 11.8. The van der Waals surface area contributed by atoms with E-state index in [4.69, 9.17) is 11.6 Å². The van der Waals surface area contributed by atoms with Crippen molar-refractivity contribution in [1.29, 1.82) is 0 Å². The molecule has 3 aromatic rings. The number of anilines is 2. The Hall–Kier alpha value is -2.83. The molecule has 0 aliphatic carbocycles. The summed E-state index contributed by atoms with van der Waals surface area (Å²) >= 11 is 6.68. The first-order chi connectivity index (χ1) is 15.0. The molecule has 13 heteroatoms. The maximum absolute atomic E-state index is 13.0. The van der Waals surface area contributed by atoms with Crippen molar-refractivity contribution < 1.29 is 26.4 Å². The fraction of sp³-hybridized carbons (Fsp3) is 0.105. The monoisotopic (exact) mass is 502 g/mol. The van der Waals surface area contributed by atoms with Gasteiger partial charge in [0.2, 0.25) is 5.91 Å². The van der Waals surface area contributed by atoms with Gasteiger partial charge in [-0.05, 0) is 48.5 Å². The molecule has 0 fully saturated rings. The number of thioether (sulfide) groups is 1. The van der Waals surface area contributed by atoms with Gasteiger partial charge in [0.15, 0.2) is 5.16 Å². The minimum atomic E-state index is -4.73. The zero-order valence-corrected chi connectivity index (χ0v) is 18.3. The van der Waals surface area contributed by atoms with E-state index >= 15 is 0 Å². The van der Waals surface area contributed by atoms with Crippen LogP contribution in [0.1, 0.15) is 5.56 Å². The van der Waals surface area contributed by atoms with Crippen LogP contribution in [0.3, 0.4) is 0 Å². The van der Waals surface area contributed by atoms with E-state index in [9.17, 15) is 26.4 Å². The lowest BCUT2D eigenvalue weighted by molar-refractivity contribution is -0.137. The second-order valence-corrected chi connectivity index (χ2v) is 9.22. The number of aromatic nitrogens is 2. The summed E-state index contributed by atoms with van der Waals surface area (Å²) in [7, 11) is -4.17. The largest absolute Gasteiger partial charge is 0.417 e. The van der Waals surface area contributed by atoms with Crippen LogP contribution >= 0.6 is 23.4 Å². The highest BCUT2D eigenvalue weighted by Gasteiger charge is 2.33. The molecule has 0 saturated carbocycles. The molecule has 1 amide bonds. The van der Waals surface area contributed by atoms with E-state index in [1.54, 1.807) is 18.5 Å². The van der Waals surface area contributed by atoms with Crippen LogP contribution in [0.15, 0.2) is 71.0 Å². The van der Waals surface area contributed by atoms with E-state index in [2.05, 4.69) is 20.0 Å². The number of hydrogen-bond donors (Lipinski definition) is 2. The first kappa shape index (κ1) is 23.8. The van der Waals surface area contributed by atoms with E-state index in [0.717, 1.165) is 23.9 Å². The van der Waals surface area contributed by atoms with Crippen LogP contribution in [0.2, 0.25) is 5.02 Å². The Kier molecular flexibility index (Phi) is 7.26. The molecule has 0 aliphatic heterocycles. The summed E-state index contributed by atoms with van der Waals surface area (Å²) in [5, 5.41) is 2.49. The van der Waals surface area contributed by atoms with Gasteiger partial charge in [0.25, 0.3) is 10.0 Å². The molecular formula is C19H14ClF3N4O3S2. The van der Waals surface area contributed by atoms with Gasteiger partial charge in [0.1, 0.15) is 0 Å². The molecule has 2 aromatic carbocycles. The van der Waals surface area contributed by atoms with Gasteiger partial charge >= 0.3 is 6.18 Å². The lowest BCUT2D eigenvalue weighted by atomic mass is 10.2. The minimum absolute atomic E-state index is 0.0454. The zero-order chi connectivity index (χ0) is 23.4. The first-order valence-corrected chi connectivity index (χ1v) is 11.6. The molecule has 7 nitrogen and oxygen atoms in total. The molecule has 0 unspecified atom stereocenters. The number of benzene rings is 2. The molecule has 2 N–H and O–H groups in total. The summed E-state index contributed by atoms with van der Waals surface area (Å²) in [5.41, 5.74) is -1.11. The molecule has 1 heterocycles. The van der Waals surface area contributed by atoms with Gasteiger partial charge in [-0.15, -0.1) is 0 Å². The van der Waals surface area contributed by atoms with Crippen molar-refractivity contribution in [2.45, 2.75) is 16.2 Å². The predicted octanol–water partition coefficient (Wildman–Crippen LogP) is 4.68. The van der Waals surface area contributed by atoms with Gasteiger partial charge in [-0.3, -0.25) is 9.52 Å². The molecule has 32 heavy (non-hydrogen) atoms. The maximum Gasteiger partial charge on any atom is 0.417 e. The standard InChI is InChI=1S/C19H14ClF3N4O3S2/c20-16-7-4-13(10-15(16)19(21,22)23)27-32(29,30)14-5-2-12(3-6-14)26-17(28)11-31-18-24-8-1-9-25-18/h1-10,27H,11H2,(H,26,28). The van der Waals surface area contributed by atoms with Crippen molar-refractivity contribution in [2.75, 3.05) is 15.8 Å². The van der Waals surface area contributed by atoms with Crippen molar-refractivity contribution in [1.82, 2.24) is 9.97 Å². The van der Waals surface area contributed by atoms with Crippen LogP contribution < -0.4 is 10.0 Å². The van der Waals surface area contributed by atoms with Gasteiger partial charge in [-0.2, -0.15) is 13.2 Å². The highest BCUT2D eigenvalue weighted by molar-refractivity contribution is 7.99. The maximum atomic E-state index is 13.0. The number of rotatable bonds is 7. The highest BCUT2D eigenvalue weighted by atomic mass is 35.5. The van der Waals surface area contributed by atoms with Crippen LogP contribution in [0, 0.1) is 0 Å². The van der Waals surface area contributed by atoms with Crippen LogP contribution in [-0.4, -0.2) is 30.0 Å². The first-order valence-electron chi connectivity index (χ1n) is 8.74. The van der Waals surface area contributed by atoms with E-state index in [1.807, 2.05) is 0 Å². The minimum Gasteiger partial charge on any atom is -0.325 e. The molecule has 0 aliphatic rings. The van der Waals surface area contributed by atoms with Crippen LogP contribution in [0.5, 0.6) is 0 Å². The summed E-state index contributed by atoms with van der Waals surface area (Å²) in [6, 6.07) is 9.49. The Morgan fingerprint density at radius 2 is 1.66 bits per heavy atom. The Balaban J connectivity index is 1.65. The Labute approximate surface area is 190 Å². The number of carbonyl (C=O) groups is 1. The average Bonchev–Trinajstić information content (AvgIpc) is 2.74. The predicted molar refractivity (Wildman–Crippen MR) is 115 cm³/mol. The smallest absolute Gasteiger partial charge is 0.325 e. The van der Waals surface area contributed by atoms with Crippen LogP contribution in [-0.2, 0) is 21.0 Å². The quantitative estimate of drug-likeness (QED) is 0.359. The Bertz CT molecular complexity index is 1210. The van der Waals surface area contributed by atoms with Gasteiger partial charge < -0.3 is 5.32 Å². The average molecular weight is 503 g/mol. The van der Waals surface area contributed by atoms with E-state index < -0.39 is 26.8 Å². The lowest BCUT2D eigenvalue weighted by Crippen LogP contribution is -2.16. The lowest BCUT2D eigenvalue weighted by Gasteiger charge is -2.13. The van der Waals surface area contributed by atoms with Crippen LogP contribution in [0.25, 0.3) is 0 Å². The third kappa shape index (κ3) is 6.34. The summed E-state index contributed by atoms with van der Waals surface area (Å²) in [5.74, 6) is -0.305. The summed E-state index contributed by atoms with van der Waals surface area (Å²) in [6.07, 6.45) is -1.63. The van der Waals surface area contributed by atoms with Gasteiger partial charge in [0.05, 0.1) is 21.2 Å². The van der Waals surface area contributed by atoms with Crippen molar-refractivity contribution in [2.24, 2.45) is 0 Å². The second-order valence-electron chi connectivity index (χ2n) is 6.19. The Morgan fingerprint density at radius 1 is 1.03 bits per heavy atom. The third-order valence-electron chi connectivity index (χ3n) is 3.85. The van der Waals surface area contributed by atoms with Crippen molar-refractivity contribution in [3.05, 3.63) is 71.5 Å². The summed E-state index contributed by atoms with van der Waals surface area (Å²) in [4.78, 5) is 19.8. The molecule has 0 atom stereocenters. The molecule has 0 saturated heterocycles. The molecular weight excluding hydrogens is 489 g/mol. The summed E-state index contributed by atoms with van der Waals surface area (Å²) in [6.45, 7) is 0. The van der Waals surface area contributed by atoms with Gasteiger partial charge in [-0.25, -0.2) is 18.4 Å². The topological polar surface area (TPSA) is 101 Å². The number of sulfonamides is 1. The second kappa shape index (κ2) is 9.76. The number of nitrogens with zero attached hydrogens (tertiary/aromatic N) is 2. The summed E-state index contributed by atoms with van der Waals surface area (Å²) < 4.78 is 66.0. The molecule has 3 rings (SSSR count). The third-order valence-corrected chi connectivity index (χ3v) is 6.45. The van der Waals surface area contributed by atoms with Crippen molar-refractivity contribution >= 4 is 50.7 Å².